The summed E-state index contributed by atoms with van der Waals surface area (Å²) in [5, 5.41) is 0. The molecule has 3 heteroatoms. The highest BCUT2D eigenvalue weighted by atomic mass is 16.5. The molecule has 1 saturated heterocycles. The minimum absolute atomic E-state index is 0.103. The van der Waals surface area contributed by atoms with Crippen LogP contribution >= 0.6 is 0 Å². The van der Waals surface area contributed by atoms with E-state index in [2.05, 4.69) is 6.92 Å². The van der Waals surface area contributed by atoms with Crippen LogP contribution in [-0.4, -0.2) is 43.5 Å². The number of hydrogen-bond donors (Lipinski definition) is 0. The molecule has 0 radical (unpaired) electrons. The Morgan fingerprint density at radius 3 is 2.60 bits per heavy atom. The second-order valence-corrected chi connectivity index (χ2v) is 4.80. The number of carbonyl (C=O) groups excluding carboxylic acids is 1. The lowest BCUT2D eigenvalue weighted by atomic mass is 9.82. The fourth-order valence-corrected chi connectivity index (χ4v) is 2.10. The summed E-state index contributed by atoms with van der Waals surface area (Å²) < 4.78 is 5.38. The summed E-state index contributed by atoms with van der Waals surface area (Å²) in [7, 11) is 3.95. The third kappa shape index (κ3) is 2.58. The average molecular weight is 213 g/mol. The van der Waals surface area contributed by atoms with Gasteiger partial charge in [0.05, 0.1) is 12.1 Å². The van der Waals surface area contributed by atoms with Crippen molar-refractivity contribution in [3.63, 3.8) is 0 Å². The molecule has 1 aliphatic heterocycles. The third-order valence-corrected chi connectivity index (χ3v) is 3.74. The van der Waals surface area contributed by atoms with Crippen LogP contribution in [0.15, 0.2) is 0 Å². The molecule has 2 atom stereocenters. The summed E-state index contributed by atoms with van der Waals surface area (Å²) in [6.45, 7) is 5.53. The summed E-state index contributed by atoms with van der Waals surface area (Å²) in [6.07, 6.45) is 2.86. The van der Waals surface area contributed by atoms with E-state index in [4.69, 9.17) is 4.74 Å². The van der Waals surface area contributed by atoms with Crippen LogP contribution in [0.2, 0.25) is 0 Å². The van der Waals surface area contributed by atoms with Crippen molar-refractivity contribution in [1.29, 1.82) is 0 Å². The lowest BCUT2D eigenvalue weighted by Gasteiger charge is -2.37. The van der Waals surface area contributed by atoms with Gasteiger partial charge in [0.15, 0.2) is 5.78 Å². The van der Waals surface area contributed by atoms with E-state index in [9.17, 15) is 4.79 Å². The SMILES string of the molecule is CCC(C)(C(=O)C1CCCOC1)N(C)C. The van der Waals surface area contributed by atoms with Gasteiger partial charge in [0.2, 0.25) is 0 Å². The molecule has 1 fully saturated rings. The molecule has 0 N–H and O–H groups in total. The van der Waals surface area contributed by atoms with Gasteiger partial charge in [0, 0.05) is 12.5 Å². The molecule has 0 amide bonds. The lowest BCUT2D eigenvalue weighted by molar-refractivity contribution is -0.137. The van der Waals surface area contributed by atoms with Crippen molar-refractivity contribution in [2.45, 2.75) is 38.6 Å². The number of nitrogens with zero attached hydrogens (tertiary/aromatic N) is 1. The van der Waals surface area contributed by atoms with Crippen LogP contribution in [0.1, 0.15) is 33.1 Å². The van der Waals surface area contributed by atoms with Crippen LogP contribution in [0.25, 0.3) is 0 Å². The van der Waals surface area contributed by atoms with Gasteiger partial charge in [-0.15, -0.1) is 0 Å². The Labute approximate surface area is 92.8 Å². The van der Waals surface area contributed by atoms with Crippen LogP contribution in [0, 0.1) is 5.92 Å². The van der Waals surface area contributed by atoms with Crippen molar-refractivity contribution in [2.75, 3.05) is 27.3 Å². The molecule has 0 aliphatic carbocycles. The van der Waals surface area contributed by atoms with Crippen LogP contribution in [-0.2, 0) is 9.53 Å². The van der Waals surface area contributed by atoms with E-state index in [1.165, 1.54) is 0 Å². The van der Waals surface area contributed by atoms with E-state index in [-0.39, 0.29) is 11.5 Å². The highest BCUT2D eigenvalue weighted by Crippen LogP contribution is 2.26. The Kier molecular flexibility index (Phi) is 4.29. The van der Waals surface area contributed by atoms with Gasteiger partial charge in [-0.3, -0.25) is 9.69 Å². The van der Waals surface area contributed by atoms with Crippen molar-refractivity contribution >= 4 is 5.78 Å². The van der Waals surface area contributed by atoms with Gasteiger partial charge in [-0.05, 0) is 40.3 Å². The molecule has 1 rings (SSSR count). The van der Waals surface area contributed by atoms with Crippen molar-refractivity contribution in [2.24, 2.45) is 5.92 Å². The number of hydrogen-bond acceptors (Lipinski definition) is 3. The fraction of sp³-hybridized carbons (Fsp3) is 0.917. The first-order valence-electron chi connectivity index (χ1n) is 5.82. The average Bonchev–Trinajstić information content (AvgIpc) is 2.28. The first-order valence-corrected chi connectivity index (χ1v) is 5.82. The maximum Gasteiger partial charge on any atom is 0.158 e. The summed E-state index contributed by atoms with van der Waals surface area (Å²) in [5.74, 6) is 0.445. The Hall–Kier alpha value is -0.410. The standard InChI is InChI=1S/C12H23NO2/c1-5-12(2,13(3)4)11(14)10-7-6-8-15-9-10/h10H,5-9H2,1-4H3. The molecule has 0 aromatic heterocycles. The van der Waals surface area contributed by atoms with Crippen LogP contribution < -0.4 is 0 Å². The Morgan fingerprint density at radius 2 is 2.20 bits per heavy atom. The molecule has 15 heavy (non-hydrogen) atoms. The van der Waals surface area contributed by atoms with Crippen molar-refractivity contribution in [3.8, 4) is 0 Å². The van der Waals surface area contributed by atoms with Gasteiger partial charge in [-0.2, -0.15) is 0 Å². The van der Waals surface area contributed by atoms with Gasteiger partial charge in [-0.25, -0.2) is 0 Å². The second-order valence-electron chi connectivity index (χ2n) is 4.80. The van der Waals surface area contributed by atoms with Gasteiger partial charge in [-0.1, -0.05) is 6.92 Å². The van der Waals surface area contributed by atoms with Gasteiger partial charge < -0.3 is 4.74 Å². The molecule has 0 saturated carbocycles. The van der Waals surface area contributed by atoms with E-state index in [0.717, 1.165) is 25.9 Å². The summed E-state index contributed by atoms with van der Waals surface area (Å²) in [4.78, 5) is 14.4. The van der Waals surface area contributed by atoms with E-state index >= 15 is 0 Å². The first kappa shape index (κ1) is 12.7. The minimum Gasteiger partial charge on any atom is -0.381 e. The van der Waals surface area contributed by atoms with E-state index in [0.29, 0.717) is 12.4 Å². The molecule has 0 aromatic rings. The monoisotopic (exact) mass is 213 g/mol. The fourth-order valence-electron chi connectivity index (χ4n) is 2.10. The number of Topliss-reactive ketones (excluding diaryl/α,β-unsaturated/α-hetero) is 1. The summed E-state index contributed by atoms with van der Waals surface area (Å²) in [5.41, 5.74) is -0.328. The molecule has 0 spiro atoms. The molecular formula is C12H23NO2. The predicted octanol–water partition coefficient (Wildman–Crippen LogP) is 1.71. The number of rotatable bonds is 4. The molecule has 0 bridgehead atoms. The second kappa shape index (κ2) is 5.08. The molecule has 2 unspecified atom stereocenters. The maximum absolute atomic E-state index is 12.4. The van der Waals surface area contributed by atoms with Crippen LogP contribution in [0.4, 0.5) is 0 Å². The normalized spacial score (nSPS) is 26.3. The molecule has 1 aliphatic rings. The van der Waals surface area contributed by atoms with E-state index < -0.39 is 0 Å². The highest BCUT2D eigenvalue weighted by Gasteiger charge is 2.38. The predicted molar refractivity (Wildman–Crippen MR) is 60.9 cm³/mol. The Morgan fingerprint density at radius 1 is 1.53 bits per heavy atom. The quantitative estimate of drug-likeness (QED) is 0.712. The number of carbonyl (C=O) groups is 1. The smallest absolute Gasteiger partial charge is 0.158 e. The van der Waals surface area contributed by atoms with E-state index in [1.54, 1.807) is 0 Å². The number of ether oxygens (including phenoxy) is 1. The van der Waals surface area contributed by atoms with Crippen molar-refractivity contribution in [3.05, 3.63) is 0 Å². The van der Waals surface area contributed by atoms with Crippen LogP contribution in [0.3, 0.4) is 0 Å². The maximum atomic E-state index is 12.4. The Bertz CT molecular complexity index is 222. The zero-order valence-electron chi connectivity index (χ0n) is 10.4. The molecule has 0 aromatic carbocycles. The largest absolute Gasteiger partial charge is 0.381 e. The topological polar surface area (TPSA) is 29.5 Å². The summed E-state index contributed by atoms with van der Waals surface area (Å²) in [6, 6.07) is 0. The Balaban J connectivity index is 2.71. The zero-order valence-corrected chi connectivity index (χ0v) is 10.4. The van der Waals surface area contributed by atoms with Crippen molar-refractivity contribution in [1.82, 2.24) is 4.90 Å². The highest BCUT2D eigenvalue weighted by molar-refractivity contribution is 5.90. The molecule has 88 valence electrons. The van der Waals surface area contributed by atoms with Gasteiger partial charge in [0.25, 0.3) is 0 Å². The van der Waals surface area contributed by atoms with Gasteiger partial charge in [0.1, 0.15) is 0 Å². The van der Waals surface area contributed by atoms with Gasteiger partial charge >= 0.3 is 0 Å². The number of ketones is 1. The molecule has 3 nitrogen and oxygen atoms in total. The lowest BCUT2D eigenvalue weighted by Crippen LogP contribution is -2.52. The first-order chi connectivity index (χ1) is 7.02. The number of likely N-dealkylation sites (N-methyl/N-ethyl adjacent to an activating group) is 1. The zero-order chi connectivity index (χ0) is 11.5. The minimum atomic E-state index is -0.328. The summed E-state index contributed by atoms with van der Waals surface area (Å²) >= 11 is 0. The third-order valence-electron chi connectivity index (χ3n) is 3.74. The molecular weight excluding hydrogens is 190 g/mol. The van der Waals surface area contributed by atoms with Crippen LogP contribution in [0.5, 0.6) is 0 Å². The van der Waals surface area contributed by atoms with Crippen molar-refractivity contribution < 1.29 is 9.53 Å². The molecule has 1 heterocycles. The van der Waals surface area contributed by atoms with E-state index in [1.807, 2.05) is 25.9 Å².